The molecular weight excluding hydrogens is 326 g/mol. The summed E-state index contributed by atoms with van der Waals surface area (Å²) in [6.07, 6.45) is 1.06. The van der Waals surface area contributed by atoms with Crippen molar-refractivity contribution in [1.29, 1.82) is 0 Å². The van der Waals surface area contributed by atoms with Gasteiger partial charge in [-0.15, -0.1) is 0 Å². The number of para-hydroxylation sites is 1. The Morgan fingerprint density at radius 1 is 0.519 bits per heavy atom. The Bertz CT molecular complexity index is 1500. The lowest BCUT2D eigenvalue weighted by molar-refractivity contribution is 1.15. The molecule has 0 saturated heterocycles. The molecule has 27 heavy (non-hydrogen) atoms. The minimum atomic E-state index is 1.06. The molecular formula is C26H19N. The normalized spacial score (nSPS) is 12.0. The largest absolute Gasteiger partial charge is 0.354 e. The van der Waals surface area contributed by atoms with E-state index in [9.17, 15) is 0 Å². The third-order valence-corrected chi connectivity index (χ3v) is 5.93. The molecule has 1 nitrogen and oxygen atoms in total. The van der Waals surface area contributed by atoms with Crippen LogP contribution in [-0.2, 0) is 6.42 Å². The topological polar surface area (TPSA) is 15.8 Å². The predicted molar refractivity (Wildman–Crippen MR) is 118 cm³/mol. The number of H-pyrrole nitrogens is 1. The first-order valence-corrected chi connectivity index (χ1v) is 9.61. The van der Waals surface area contributed by atoms with E-state index in [1.807, 2.05) is 0 Å². The number of rotatable bonds is 1. The van der Waals surface area contributed by atoms with Crippen LogP contribution in [0.25, 0.3) is 54.1 Å². The molecule has 0 spiro atoms. The molecule has 0 fully saturated rings. The molecule has 0 radical (unpaired) electrons. The number of aromatic nitrogens is 1. The van der Waals surface area contributed by atoms with E-state index in [-0.39, 0.29) is 0 Å². The summed E-state index contributed by atoms with van der Waals surface area (Å²) >= 11 is 0. The molecule has 6 aromatic rings. The Hall–Kier alpha value is -3.32. The Balaban J connectivity index is 1.91. The van der Waals surface area contributed by atoms with Crippen molar-refractivity contribution < 1.29 is 0 Å². The maximum absolute atomic E-state index is 3.60. The molecule has 1 aromatic heterocycles. The zero-order valence-electron chi connectivity index (χ0n) is 15.2. The molecule has 0 unspecified atom stereocenters. The lowest BCUT2D eigenvalue weighted by atomic mass is 9.92. The van der Waals surface area contributed by atoms with Gasteiger partial charge in [-0.25, -0.2) is 0 Å². The first kappa shape index (κ1) is 14.8. The second-order valence-electron chi connectivity index (χ2n) is 7.39. The number of nitrogens with one attached hydrogen (secondary N) is 1. The summed E-state index contributed by atoms with van der Waals surface area (Å²) in [5, 5.41) is 10.6. The van der Waals surface area contributed by atoms with Crippen molar-refractivity contribution in [2.24, 2.45) is 0 Å². The Morgan fingerprint density at radius 2 is 1.15 bits per heavy atom. The van der Waals surface area contributed by atoms with Crippen LogP contribution in [-0.4, -0.2) is 4.98 Å². The molecule has 6 rings (SSSR count). The van der Waals surface area contributed by atoms with Crippen molar-refractivity contribution in [1.82, 2.24) is 4.98 Å². The molecule has 1 heteroatoms. The van der Waals surface area contributed by atoms with E-state index < -0.39 is 0 Å². The standard InChI is InChI=1S/C26H19N/c1-2-16-11-12-19-21(13-16)17-7-3-4-8-18(17)23-15-26-24(14-22(19)23)20-9-5-6-10-25(20)27-26/h3-15,27H,2H2,1H3. The molecule has 1 N–H and O–H groups in total. The summed E-state index contributed by atoms with van der Waals surface area (Å²) in [6, 6.07) is 29.0. The van der Waals surface area contributed by atoms with Gasteiger partial charge < -0.3 is 4.98 Å². The minimum absolute atomic E-state index is 1.06. The van der Waals surface area contributed by atoms with Gasteiger partial charge in [0.25, 0.3) is 0 Å². The number of aryl methyl sites for hydroxylation is 1. The van der Waals surface area contributed by atoms with Gasteiger partial charge in [0.1, 0.15) is 0 Å². The van der Waals surface area contributed by atoms with Gasteiger partial charge in [-0.3, -0.25) is 0 Å². The quantitative estimate of drug-likeness (QED) is 0.300. The summed E-state index contributed by atoms with van der Waals surface area (Å²) < 4.78 is 0. The van der Waals surface area contributed by atoms with Gasteiger partial charge in [-0.05, 0) is 62.5 Å². The van der Waals surface area contributed by atoms with Crippen molar-refractivity contribution in [2.45, 2.75) is 13.3 Å². The summed E-state index contributed by atoms with van der Waals surface area (Å²) in [6.45, 7) is 2.22. The molecule has 0 atom stereocenters. The third-order valence-electron chi connectivity index (χ3n) is 5.93. The zero-order valence-corrected chi connectivity index (χ0v) is 15.2. The fourth-order valence-corrected chi connectivity index (χ4v) is 4.57. The maximum Gasteiger partial charge on any atom is 0.0471 e. The monoisotopic (exact) mass is 345 g/mol. The van der Waals surface area contributed by atoms with E-state index in [1.54, 1.807) is 0 Å². The molecule has 0 aliphatic rings. The van der Waals surface area contributed by atoms with Crippen molar-refractivity contribution in [3.05, 3.63) is 84.4 Å². The van der Waals surface area contributed by atoms with E-state index in [4.69, 9.17) is 0 Å². The summed E-state index contributed by atoms with van der Waals surface area (Å²) in [5.41, 5.74) is 3.79. The van der Waals surface area contributed by atoms with Crippen LogP contribution in [0, 0.1) is 0 Å². The third kappa shape index (κ3) is 2.00. The average Bonchev–Trinajstić information content (AvgIpc) is 3.10. The van der Waals surface area contributed by atoms with Gasteiger partial charge in [0.05, 0.1) is 0 Å². The van der Waals surface area contributed by atoms with Crippen molar-refractivity contribution in [3.8, 4) is 0 Å². The number of hydrogen-bond donors (Lipinski definition) is 1. The summed E-state index contributed by atoms with van der Waals surface area (Å²) in [4.78, 5) is 3.60. The van der Waals surface area contributed by atoms with Crippen LogP contribution < -0.4 is 0 Å². The first-order chi connectivity index (χ1) is 13.3. The van der Waals surface area contributed by atoms with Crippen molar-refractivity contribution >= 4 is 54.1 Å². The molecule has 0 aliphatic carbocycles. The predicted octanol–water partition coefficient (Wildman–Crippen LogP) is 7.34. The Morgan fingerprint density at radius 3 is 1.93 bits per heavy atom. The van der Waals surface area contributed by atoms with E-state index in [2.05, 4.69) is 90.8 Å². The number of benzene rings is 5. The van der Waals surface area contributed by atoms with E-state index in [0.717, 1.165) is 6.42 Å². The number of hydrogen-bond acceptors (Lipinski definition) is 0. The average molecular weight is 345 g/mol. The molecule has 0 aliphatic heterocycles. The molecule has 5 aromatic carbocycles. The van der Waals surface area contributed by atoms with Crippen LogP contribution in [0.3, 0.4) is 0 Å². The number of fused-ring (bicyclic) bond motifs is 9. The molecule has 0 bridgehead atoms. The SMILES string of the molecule is CCc1ccc2c(c1)c1ccccc1c1cc3[nH]c4ccccc4c3cc21. The van der Waals surface area contributed by atoms with Gasteiger partial charge >= 0.3 is 0 Å². The second kappa shape index (κ2) is 5.34. The van der Waals surface area contributed by atoms with Crippen molar-refractivity contribution in [2.75, 3.05) is 0 Å². The zero-order chi connectivity index (χ0) is 18.0. The van der Waals surface area contributed by atoms with Gasteiger partial charge in [0, 0.05) is 21.8 Å². The minimum Gasteiger partial charge on any atom is -0.354 e. The van der Waals surface area contributed by atoms with Crippen molar-refractivity contribution in [3.63, 3.8) is 0 Å². The summed E-state index contributed by atoms with van der Waals surface area (Å²) in [7, 11) is 0. The van der Waals surface area contributed by atoms with Gasteiger partial charge in [0.2, 0.25) is 0 Å². The number of aromatic amines is 1. The second-order valence-corrected chi connectivity index (χ2v) is 7.39. The lowest BCUT2D eigenvalue weighted by Crippen LogP contribution is -1.86. The highest BCUT2D eigenvalue weighted by Crippen LogP contribution is 2.39. The van der Waals surface area contributed by atoms with E-state index in [0.29, 0.717) is 0 Å². The van der Waals surface area contributed by atoms with Gasteiger partial charge in [-0.1, -0.05) is 67.6 Å². The summed E-state index contributed by atoms with van der Waals surface area (Å²) in [5.74, 6) is 0. The fraction of sp³-hybridized carbons (Fsp3) is 0.0769. The fourth-order valence-electron chi connectivity index (χ4n) is 4.57. The van der Waals surface area contributed by atoms with Crippen LogP contribution >= 0.6 is 0 Å². The van der Waals surface area contributed by atoms with Gasteiger partial charge in [-0.2, -0.15) is 0 Å². The maximum atomic E-state index is 3.60. The van der Waals surface area contributed by atoms with Crippen LogP contribution in [0.2, 0.25) is 0 Å². The lowest BCUT2D eigenvalue weighted by Gasteiger charge is -2.12. The smallest absolute Gasteiger partial charge is 0.0471 e. The first-order valence-electron chi connectivity index (χ1n) is 9.61. The van der Waals surface area contributed by atoms with Crippen LogP contribution in [0.1, 0.15) is 12.5 Å². The molecule has 1 heterocycles. The van der Waals surface area contributed by atoms with E-state index >= 15 is 0 Å². The highest BCUT2D eigenvalue weighted by molar-refractivity contribution is 6.28. The molecule has 0 amide bonds. The van der Waals surface area contributed by atoms with Gasteiger partial charge in [0.15, 0.2) is 0 Å². The highest BCUT2D eigenvalue weighted by Gasteiger charge is 2.12. The molecule has 0 saturated carbocycles. The van der Waals surface area contributed by atoms with Crippen LogP contribution in [0.15, 0.2) is 78.9 Å². The molecule has 128 valence electrons. The van der Waals surface area contributed by atoms with Crippen LogP contribution in [0.4, 0.5) is 0 Å². The van der Waals surface area contributed by atoms with E-state index in [1.165, 1.54) is 59.7 Å². The highest BCUT2D eigenvalue weighted by atomic mass is 14.7. The Kier molecular flexibility index (Phi) is 2.93. The Labute approximate surface area is 157 Å². The van der Waals surface area contributed by atoms with Crippen LogP contribution in [0.5, 0.6) is 0 Å².